The Balaban J connectivity index is 1.73. The number of aromatic amines is 1. The number of carbonyl (C=O) groups is 1. The summed E-state index contributed by atoms with van der Waals surface area (Å²) >= 11 is 0. The molecule has 1 heterocycles. The number of benzene rings is 1. The summed E-state index contributed by atoms with van der Waals surface area (Å²) in [5.74, 6) is -0.124. The number of nitrogens with one attached hydrogen (secondary N) is 2. The van der Waals surface area contributed by atoms with E-state index in [-0.39, 0.29) is 10.7 Å². The summed E-state index contributed by atoms with van der Waals surface area (Å²) in [6, 6.07) is 7.93. The van der Waals surface area contributed by atoms with Crippen molar-refractivity contribution in [2.75, 3.05) is 12.8 Å². The van der Waals surface area contributed by atoms with Crippen LogP contribution in [0, 0.1) is 6.92 Å². The third-order valence-corrected chi connectivity index (χ3v) is 6.24. The first-order valence-electron chi connectivity index (χ1n) is 7.21. The Kier molecular flexibility index (Phi) is 3.61. The Hall–Kier alpha value is -1.62. The predicted molar refractivity (Wildman–Crippen MR) is 86.0 cm³/mol. The van der Waals surface area contributed by atoms with E-state index in [9.17, 15) is 9.00 Å². The van der Waals surface area contributed by atoms with Gasteiger partial charge in [-0.1, -0.05) is 18.6 Å². The first-order valence-corrected chi connectivity index (χ1v) is 8.77. The number of hydrogen-bond donors (Lipinski definition) is 2. The Bertz CT molecular complexity index is 716. The molecule has 1 fully saturated rings. The van der Waals surface area contributed by atoms with Crippen LogP contribution in [0.15, 0.2) is 24.3 Å². The van der Waals surface area contributed by atoms with Gasteiger partial charge in [0.25, 0.3) is 5.91 Å². The number of fused-ring (bicyclic) bond motifs is 1. The van der Waals surface area contributed by atoms with E-state index in [0.717, 1.165) is 35.7 Å². The predicted octanol–water partition coefficient (Wildman–Crippen LogP) is 2.51. The summed E-state index contributed by atoms with van der Waals surface area (Å²) in [6.45, 7) is 2.51. The van der Waals surface area contributed by atoms with Crippen molar-refractivity contribution in [3.05, 3.63) is 35.5 Å². The minimum Gasteiger partial charge on any atom is -0.351 e. The van der Waals surface area contributed by atoms with E-state index in [1.54, 1.807) is 6.26 Å². The van der Waals surface area contributed by atoms with E-state index in [1.807, 2.05) is 31.2 Å². The van der Waals surface area contributed by atoms with Crippen molar-refractivity contribution in [2.45, 2.75) is 30.9 Å². The molecule has 3 rings (SSSR count). The first kappa shape index (κ1) is 14.3. The molecule has 0 radical (unpaired) electrons. The van der Waals surface area contributed by atoms with E-state index in [4.69, 9.17) is 0 Å². The molecule has 1 atom stereocenters. The number of carbonyl (C=O) groups excluding carboxylic acids is 1. The second-order valence-electron chi connectivity index (χ2n) is 5.95. The second kappa shape index (κ2) is 5.30. The summed E-state index contributed by atoms with van der Waals surface area (Å²) in [5, 5.41) is 3.97. The highest BCUT2D eigenvalue weighted by atomic mass is 32.2. The Morgan fingerprint density at radius 1 is 1.38 bits per heavy atom. The van der Waals surface area contributed by atoms with Gasteiger partial charge in [-0.15, -0.1) is 0 Å². The molecule has 0 bridgehead atoms. The van der Waals surface area contributed by atoms with Crippen LogP contribution in [0.3, 0.4) is 0 Å². The standard InChI is InChI=1S/C16H20N2O2S/c1-11-4-5-12-9-14(18-13(12)8-11)15(19)17-10-16(21(2)20)6-3-7-16/h4-5,8-9,18H,3,6-7,10H2,1-2H3,(H,17,19)/t21-/m1/s1. The van der Waals surface area contributed by atoms with Crippen LogP contribution in [0.1, 0.15) is 35.3 Å². The van der Waals surface area contributed by atoms with Crippen LogP contribution in [0.25, 0.3) is 10.9 Å². The van der Waals surface area contributed by atoms with Gasteiger partial charge in [0.2, 0.25) is 0 Å². The molecular weight excluding hydrogens is 284 g/mol. The van der Waals surface area contributed by atoms with Crippen molar-refractivity contribution < 1.29 is 9.00 Å². The quantitative estimate of drug-likeness (QED) is 0.911. The largest absolute Gasteiger partial charge is 0.351 e. The highest BCUT2D eigenvalue weighted by Crippen LogP contribution is 2.36. The number of amides is 1. The van der Waals surface area contributed by atoms with E-state index in [0.29, 0.717) is 12.2 Å². The first-order chi connectivity index (χ1) is 10.00. The third kappa shape index (κ3) is 2.62. The Labute approximate surface area is 126 Å². The molecule has 1 amide bonds. The van der Waals surface area contributed by atoms with Crippen LogP contribution in [0.2, 0.25) is 0 Å². The molecule has 1 aromatic carbocycles. The molecule has 0 unspecified atom stereocenters. The maximum Gasteiger partial charge on any atom is 0.267 e. The molecule has 2 aromatic rings. The zero-order valence-corrected chi connectivity index (χ0v) is 13.2. The van der Waals surface area contributed by atoms with E-state index in [2.05, 4.69) is 10.3 Å². The molecule has 4 nitrogen and oxygen atoms in total. The molecule has 112 valence electrons. The maximum absolute atomic E-state index is 12.3. The summed E-state index contributed by atoms with van der Waals surface area (Å²) in [4.78, 5) is 15.4. The van der Waals surface area contributed by atoms with E-state index >= 15 is 0 Å². The van der Waals surface area contributed by atoms with Gasteiger partial charge in [-0.05, 0) is 37.5 Å². The second-order valence-corrected chi connectivity index (χ2v) is 7.72. The molecule has 1 aromatic heterocycles. The molecule has 1 aliphatic rings. The van der Waals surface area contributed by atoms with Crippen LogP contribution in [-0.4, -0.2) is 32.6 Å². The van der Waals surface area contributed by atoms with Crippen molar-refractivity contribution in [2.24, 2.45) is 0 Å². The SMILES string of the molecule is Cc1ccc2cc(C(=O)NCC3([S@@](C)=O)CCC3)[nH]c2c1. The molecular formula is C16H20N2O2S. The third-order valence-electron chi connectivity index (χ3n) is 4.47. The van der Waals surface area contributed by atoms with Gasteiger partial charge in [0.1, 0.15) is 5.69 Å². The van der Waals surface area contributed by atoms with E-state index in [1.165, 1.54) is 0 Å². The molecule has 5 heteroatoms. The summed E-state index contributed by atoms with van der Waals surface area (Å²) in [6.07, 6.45) is 4.70. The van der Waals surface area contributed by atoms with Crippen LogP contribution in [0.4, 0.5) is 0 Å². The van der Waals surface area contributed by atoms with Gasteiger partial charge in [-0.3, -0.25) is 9.00 Å². The molecule has 21 heavy (non-hydrogen) atoms. The van der Waals surface area contributed by atoms with Gasteiger partial charge in [-0.25, -0.2) is 0 Å². The fourth-order valence-electron chi connectivity index (χ4n) is 2.84. The normalized spacial score (nSPS) is 18.2. The van der Waals surface area contributed by atoms with Crippen LogP contribution >= 0.6 is 0 Å². The van der Waals surface area contributed by atoms with Crippen LogP contribution < -0.4 is 5.32 Å². The lowest BCUT2D eigenvalue weighted by molar-refractivity contribution is 0.0939. The lowest BCUT2D eigenvalue weighted by atomic mass is 9.84. The Morgan fingerprint density at radius 3 is 2.76 bits per heavy atom. The lowest BCUT2D eigenvalue weighted by Gasteiger charge is -2.39. The lowest BCUT2D eigenvalue weighted by Crippen LogP contribution is -2.50. The van der Waals surface area contributed by atoms with Crippen molar-refractivity contribution in [1.29, 1.82) is 0 Å². The number of hydrogen-bond acceptors (Lipinski definition) is 2. The zero-order valence-electron chi connectivity index (χ0n) is 12.4. The summed E-state index contributed by atoms with van der Waals surface area (Å²) in [7, 11) is -0.898. The molecule has 0 saturated heterocycles. The molecule has 0 aliphatic heterocycles. The van der Waals surface area contributed by atoms with Gasteiger partial charge in [0.15, 0.2) is 0 Å². The minimum atomic E-state index is -0.898. The number of H-pyrrole nitrogens is 1. The highest BCUT2D eigenvalue weighted by Gasteiger charge is 2.41. The fraction of sp³-hybridized carbons (Fsp3) is 0.438. The molecule has 0 spiro atoms. The monoisotopic (exact) mass is 304 g/mol. The average Bonchev–Trinajstić information content (AvgIpc) is 2.79. The van der Waals surface area contributed by atoms with Gasteiger partial charge >= 0.3 is 0 Å². The van der Waals surface area contributed by atoms with Crippen molar-refractivity contribution in [1.82, 2.24) is 10.3 Å². The Morgan fingerprint density at radius 2 is 2.14 bits per heavy atom. The molecule has 1 saturated carbocycles. The topological polar surface area (TPSA) is 62.0 Å². The zero-order chi connectivity index (χ0) is 15.0. The number of aryl methyl sites for hydroxylation is 1. The highest BCUT2D eigenvalue weighted by molar-refractivity contribution is 7.85. The molecule has 1 aliphatic carbocycles. The van der Waals surface area contributed by atoms with E-state index < -0.39 is 10.8 Å². The van der Waals surface area contributed by atoms with Gasteiger partial charge in [0, 0.05) is 34.5 Å². The molecule has 2 N–H and O–H groups in total. The maximum atomic E-state index is 12.3. The summed E-state index contributed by atoms with van der Waals surface area (Å²) in [5.41, 5.74) is 2.69. The number of aromatic nitrogens is 1. The summed E-state index contributed by atoms with van der Waals surface area (Å²) < 4.78 is 11.6. The van der Waals surface area contributed by atoms with Crippen molar-refractivity contribution in [3.8, 4) is 0 Å². The minimum absolute atomic E-state index is 0.124. The number of rotatable bonds is 4. The van der Waals surface area contributed by atoms with Crippen LogP contribution in [-0.2, 0) is 10.8 Å². The van der Waals surface area contributed by atoms with Gasteiger partial charge in [0.05, 0.1) is 4.75 Å². The van der Waals surface area contributed by atoms with Gasteiger partial charge in [-0.2, -0.15) is 0 Å². The fourth-order valence-corrected chi connectivity index (χ4v) is 3.98. The van der Waals surface area contributed by atoms with Gasteiger partial charge < -0.3 is 10.3 Å². The smallest absolute Gasteiger partial charge is 0.267 e. The average molecular weight is 304 g/mol. The van der Waals surface area contributed by atoms with Crippen molar-refractivity contribution in [3.63, 3.8) is 0 Å². The van der Waals surface area contributed by atoms with Crippen molar-refractivity contribution >= 4 is 27.6 Å². The van der Waals surface area contributed by atoms with Crippen LogP contribution in [0.5, 0.6) is 0 Å².